The number of amides is 1. The van der Waals surface area contributed by atoms with Crippen molar-refractivity contribution in [2.45, 2.75) is 6.18 Å². The van der Waals surface area contributed by atoms with Crippen molar-refractivity contribution in [1.82, 2.24) is 24.8 Å². The molecule has 0 saturated heterocycles. The monoisotopic (exact) mass is 384 g/mol. The van der Waals surface area contributed by atoms with Crippen molar-refractivity contribution in [3.05, 3.63) is 72.2 Å². The molecule has 0 fully saturated rings. The highest BCUT2D eigenvalue weighted by molar-refractivity contribution is 6.02. The number of alkyl halides is 3. The first-order valence-corrected chi connectivity index (χ1v) is 8.04. The first-order chi connectivity index (χ1) is 13.4. The van der Waals surface area contributed by atoms with Gasteiger partial charge in [-0.2, -0.15) is 23.4 Å². The van der Waals surface area contributed by atoms with Crippen LogP contribution in [0.3, 0.4) is 0 Å². The van der Waals surface area contributed by atoms with Crippen LogP contribution in [0.25, 0.3) is 16.9 Å². The zero-order valence-electron chi connectivity index (χ0n) is 14.1. The molecule has 0 aliphatic rings. The van der Waals surface area contributed by atoms with Crippen LogP contribution < -0.4 is 5.32 Å². The van der Waals surface area contributed by atoms with Crippen LogP contribution in [-0.2, 0) is 6.18 Å². The number of aromatic nitrogens is 5. The Labute approximate surface area is 155 Å². The van der Waals surface area contributed by atoms with Gasteiger partial charge in [0.05, 0.1) is 17.5 Å². The largest absolute Gasteiger partial charge is 0.417 e. The van der Waals surface area contributed by atoms with Crippen LogP contribution in [0, 0.1) is 0 Å². The topological polar surface area (TPSA) is 85.1 Å². The molecule has 1 aromatic carbocycles. The molecule has 0 aliphatic heterocycles. The normalized spacial score (nSPS) is 11.5. The third kappa shape index (κ3) is 3.27. The van der Waals surface area contributed by atoms with Gasteiger partial charge in [-0.3, -0.25) is 4.79 Å². The highest BCUT2D eigenvalue weighted by atomic mass is 19.4. The van der Waals surface area contributed by atoms with Gasteiger partial charge >= 0.3 is 6.18 Å². The summed E-state index contributed by atoms with van der Waals surface area (Å²) >= 11 is 0. The van der Waals surface area contributed by atoms with Crippen molar-refractivity contribution in [1.29, 1.82) is 0 Å². The van der Waals surface area contributed by atoms with E-state index in [1.807, 2.05) is 0 Å². The fourth-order valence-electron chi connectivity index (χ4n) is 2.67. The Morgan fingerprint density at radius 3 is 2.61 bits per heavy atom. The third-order valence-electron chi connectivity index (χ3n) is 3.92. The van der Waals surface area contributed by atoms with Gasteiger partial charge in [-0.25, -0.2) is 9.50 Å². The standard InChI is InChI=1S/C18H11F3N6O/c19-18(20,21)12-5-2-1-4-11(12)13-7-8-16-22-10-14(27(16)26-13)17(28)24-15-6-3-9-23-25-15/h1-10H,(H,24,25,28). The van der Waals surface area contributed by atoms with Crippen LogP contribution >= 0.6 is 0 Å². The lowest BCUT2D eigenvalue weighted by Crippen LogP contribution is -2.16. The number of fused-ring (bicyclic) bond motifs is 1. The van der Waals surface area contributed by atoms with Crippen LogP contribution in [0.4, 0.5) is 19.0 Å². The Morgan fingerprint density at radius 2 is 1.86 bits per heavy atom. The minimum Gasteiger partial charge on any atom is -0.304 e. The predicted octanol–water partition coefficient (Wildman–Crippen LogP) is 3.46. The molecule has 0 unspecified atom stereocenters. The summed E-state index contributed by atoms with van der Waals surface area (Å²) in [7, 11) is 0. The molecule has 4 aromatic rings. The molecule has 0 radical (unpaired) electrons. The van der Waals surface area contributed by atoms with E-state index in [4.69, 9.17) is 0 Å². The van der Waals surface area contributed by atoms with Gasteiger partial charge in [-0.15, -0.1) is 5.10 Å². The second kappa shape index (κ2) is 6.72. The van der Waals surface area contributed by atoms with E-state index in [9.17, 15) is 18.0 Å². The van der Waals surface area contributed by atoms with E-state index in [1.54, 1.807) is 12.1 Å². The van der Waals surface area contributed by atoms with E-state index in [-0.39, 0.29) is 22.8 Å². The number of benzene rings is 1. The van der Waals surface area contributed by atoms with Gasteiger partial charge in [0.15, 0.2) is 17.2 Å². The molecule has 0 aliphatic carbocycles. The highest BCUT2D eigenvalue weighted by Crippen LogP contribution is 2.36. The molecule has 1 amide bonds. The van der Waals surface area contributed by atoms with Crippen molar-refractivity contribution < 1.29 is 18.0 Å². The fraction of sp³-hybridized carbons (Fsp3) is 0.0556. The van der Waals surface area contributed by atoms with Crippen molar-refractivity contribution in [2.24, 2.45) is 0 Å². The molecular formula is C18H11F3N6O. The van der Waals surface area contributed by atoms with E-state index in [1.165, 1.54) is 47.2 Å². The zero-order valence-corrected chi connectivity index (χ0v) is 14.1. The van der Waals surface area contributed by atoms with Crippen LogP contribution in [0.1, 0.15) is 16.1 Å². The Morgan fingerprint density at radius 1 is 1.04 bits per heavy atom. The first-order valence-electron chi connectivity index (χ1n) is 8.04. The van der Waals surface area contributed by atoms with Gasteiger partial charge in [0.25, 0.3) is 5.91 Å². The first kappa shape index (κ1) is 17.6. The van der Waals surface area contributed by atoms with Gasteiger partial charge in [0.1, 0.15) is 0 Å². The average Bonchev–Trinajstić information content (AvgIpc) is 3.11. The molecule has 3 heterocycles. The predicted molar refractivity (Wildman–Crippen MR) is 93.4 cm³/mol. The molecule has 1 N–H and O–H groups in total. The van der Waals surface area contributed by atoms with Gasteiger partial charge in [0, 0.05) is 11.8 Å². The summed E-state index contributed by atoms with van der Waals surface area (Å²) in [6.45, 7) is 0. The summed E-state index contributed by atoms with van der Waals surface area (Å²) in [6.07, 6.45) is -1.79. The lowest BCUT2D eigenvalue weighted by Gasteiger charge is -2.12. The number of carbonyl (C=O) groups is 1. The molecule has 28 heavy (non-hydrogen) atoms. The number of nitrogens with zero attached hydrogens (tertiary/aromatic N) is 5. The number of anilines is 1. The minimum absolute atomic E-state index is 0.0481. The van der Waals surface area contributed by atoms with E-state index in [0.717, 1.165) is 6.07 Å². The molecule has 0 atom stereocenters. The fourth-order valence-corrected chi connectivity index (χ4v) is 2.67. The smallest absolute Gasteiger partial charge is 0.304 e. The summed E-state index contributed by atoms with van der Waals surface area (Å²) < 4.78 is 41.1. The molecule has 0 saturated carbocycles. The van der Waals surface area contributed by atoms with Crippen molar-refractivity contribution in [3.63, 3.8) is 0 Å². The molecule has 140 valence electrons. The number of hydrogen-bond acceptors (Lipinski definition) is 5. The maximum atomic E-state index is 13.3. The Hall–Kier alpha value is -3.82. The SMILES string of the molecule is O=C(Nc1cccnn1)c1cnc2ccc(-c3ccccc3C(F)(F)F)nn12. The molecule has 3 aromatic heterocycles. The van der Waals surface area contributed by atoms with E-state index in [0.29, 0.717) is 5.65 Å². The summed E-state index contributed by atoms with van der Waals surface area (Å²) in [6, 6.07) is 11.2. The lowest BCUT2D eigenvalue weighted by atomic mass is 10.0. The second-order valence-electron chi connectivity index (χ2n) is 5.74. The molecule has 10 heteroatoms. The molecule has 7 nitrogen and oxygen atoms in total. The number of rotatable bonds is 3. The molecular weight excluding hydrogens is 373 g/mol. The van der Waals surface area contributed by atoms with Crippen LogP contribution in [0.15, 0.2) is 60.9 Å². The number of halogens is 3. The van der Waals surface area contributed by atoms with Crippen LogP contribution in [0.2, 0.25) is 0 Å². The summed E-state index contributed by atoms with van der Waals surface area (Å²) in [5, 5.41) is 14.2. The van der Waals surface area contributed by atoms with E-state index < -0.39 is 17.6 Å². The molecule has 0 bridgehead atoms. The number of hydrogen-bond donors (Lipinski definition) is 1. The second-order valence-corrected chi connectivity index (χ2v) is 5.74. The zero-order chi connectivity index (χ0) is 19.7. The van der Waals surface area contributed by atoms with E-state index in [2.05, 4.69) is 25.6 Å². The van der Waals surface area contributed by atoms with Crippen LogP contribution in [0.5, 0.6) is 0 Å². The average molecular weight is 384 g/mol. The number of imidazole rings is 1. The summed E-state index contributed by atoms with van der Waals surface area (Å²) in [4.78, 5) is 16.6. The van der Waals surface area contributed by atoms with Gasteiger partial charge in [-0.1, -0.05) is 18.2 Å². The maximum absolute atomic E-state index is 13.3. The van der Waals surface area contributed by atoms with Crippen molar-refractivity contribution in [3.8, 4) is 11.3 Å². The van der Waals surface area contributed by atoms with Gasteiger partial charge < -0.3 is 5.32 Å². The van der Waals surface area contributed by atoms with Crippen LogP contribution in [-0.4, -0.2) is 30.7 Å². The van der Waals surface area contributed by atoms with Crippen molar-refractivity contribution in [2.75, 3.05) is 5.32 Å². The number of carbonyl (C=O) groups excluding carboxylic acids is 1. The van der Waals surface area contributed by atoms with Gasteiger partial charge in [-0.05, 0) is 30.3 Å². The Bertz CT molecular complexity index is 1160. The maximum Gasteiger partial charge on any atom is 0.417 e. The van der Waals surface area contributed by atoms with Crippen molar-refractivity contribution >= 4 is 17.4 Å². The van der Waals surface area contributed by atoms with Gasteiger partial charge in [0.2, 0.25) is 0 Å². The summed E-state index contributed by atoms with van der Waals surface area (Å²) in [5.74, 6) is -0.345. The Kier molecular flexibility index (Phi) is 4.22. The summed E-state index contributed by atoms with van der Waals surface area (Å²) in [5.41, 5.74) is -0.477. The highest BCUT2D eigenvalue weighted by Gasteiger charge is 2.33. The quantitative estimate of drug-likeness (QED) is 0.585. The molecule has 0 spiro atoms. The minimum atomic E-state index is -4.53. The number of nitrogens with one attached hydrogen (secondary N) is 1. The third-order valence-corrected chi connectivity index (χ3v) is 3.92. The molecule has 4 rings (SSSR count). The lowest BCUT2D eigenvalue weighted by molar-refractivity contribution is -0.137. The Balaban J connectivity index is 1.77. The van der Waals surface area contributed by atoms with E-state index >= 15 is 0 Å².